The molecule has 0 bridgehead atoms. The molecule has 18 heavy (non-hydrogen) atoms. The minimum absolute atomic E-state index is 0.406. The van der Waals surface area contributed by atoms with Gasteiger partial charge < -0.3 is 20.4 Å². The molecule has 0 rings (SSSR count). The fraction of sp³-hybridized carbons (Fsp3) is 0.625. The summed E-state index contributed by atoms with van der Waals surface area (Å²) < 4.78 is 0. The zero-order valence-corrected chi connectivity index (χ0v) is 9.34. The molecule has 0 unspecified atom stereocenters. The van der Waals surface area contributed by atoms with E-state index in [1.54, 1.807) is 0 Å². The molecule has 0 aliphatic rings. The van der Waals surface area contributed by atoms with Crippen LogP contribution in [0.25, 0.3) is 0 Å². The van der Waals surface area contributed by atoms with Crippen LogP contribution in [0, 0.1) is 21.6 Å². The first kappa shape index (κ1) is 25.0. The molecule has 0 amide bonds. The van der Waals surface area contributed by atoms with Gasteiger partial charge in [0, 0.05) is 0 Å². The third-order valence-corrected chi connectivity index (χ3v) is 1.34. The Hall–Kier alpha value is -2.02. The van der Waals surface area contributed by atoms with Crippen LogP contribution < -0.4 is 0 Å². The van der Waals surface area contributed by atoms with Crippen LogP contribution in [0.1, 0.15) is 0 Å². The predicted molar refractivity (Wildman–Crippen MR) is 56.0 cm³/mol. The largest absolute Gasteiger partial charge is 0.396 e. The molecule has 10 heteroatoms. The van der Waals surface area contributed by atoms with Gasteiger partial charge in [-0.25, -0.2) is 30.6 Å². The van der Waals surface area contributed by atoms with E-state index in [2.05, 4.69) is 0 Å². The van der Waals surface area contributed by atoms with Gasteiger partial charge in [0.1, 0.15) is 0 Å². The van der Waals surface area contributed by atoms with Gasteiger partial charge in [-0.1, -0.05) is 0 Å². The molecule has 0 aliphatic heterocycles. The molecule has 0 aliphatic carbocycles. The quantitative estimate of drug-likeness (QED) is 0.217. The standard InChI is InChI=1S/C5H12O4.3CHNO/c6-1-5(2-7,3-8)4-9;3*2-1-3/h6-9H,1-4H2;3*2H. The Balaban J connectivity index is -0.0000000902. The number of hydrogen-bond donors (Lipinski definition) is 7. The molecule has 0 radical (unpaired) electrons. The van der Waals surface area contributed by atoms with E-state index in [4.69, 9.17) is 51.0 Å². The topological polar surface area (TPSA) is 204 Å². The fourth-order valence-corrected chi connectivity index (χ4v) is 0.300. The van der Waals surface area contributed by atoms with Crippen molar-refractivity contribution in [3.8, 4) is 0 Å². The molecular formula is C8H15N3O7. The van der Waals surface area contributed by atoms with Crippen molar-refractivity contribution in [2.75, 3.05) is 26.4 Å². The molecule has 0 aromatic carbocycles. The Bertz CT molecular complexity index is 214. The van der Waals surface area contributed by atoms with Crippen molar-refractivity contribution in [2.45, 2.75) is 0 Å². The van der Waals surface area contributed by atoms with E-state index in [1.165, 1.54) is 0 Å². The average Bonchev–Trinajstić information content (AvgIpc) is 2.36. The molecule has 0 aromatic heterocycles. The van der Waals surface area contributed by atoms with Crippen LogP contribution in [0.4, 0.5) is 0 Å². The summed E-state index contributed by atoms with van der Waals surface area (Å²) in [7, 11) is 0. The van der Waals surface area contributed by atoms with Crippen LogP contribution in [-0.4, -0.2) is 65.1 Å². The van der Waals surface area contributed by atoms with Crippen molar-refractivity contribution in [1.29, 1.82) is 16.2 Å². The summed E-state index contributed by atoms with van der Waals surface area (Å²) in [6, 6.07) is 0. The Morgan fingerprint density at radius 3 is 0.778 bits per heavy atom. The van der Waals surface area contributed by atoms with Gasteiger partial charge in [0.15, 0.2) is 0 Å². The minimum Gasteiger partial charge on any atom is -0.396 e. The van der Waals surface area contributed by atoms with Gasteiger partial charge in [-0.15, -0.1) is 0 Å². The van der Waals surface area contributed by atoms with Gasteiger partial charge >= 0.3 is 0 Å². The highest BCUT2D eigenvalue weighted by Crippen LogP contribution is 2.11. The number of aliphatic hydroxyl groups is 4. The summed E-state index contributed by atoms with van der Waals surface area (Å²) in [5.74, 6) is 0. The molecular weight excluding hydrogens is 250 g/mol. The highest BCUT2D eigenvalue weighted by molar-refractivity contribution is 5.26. The molecule has 0 atom stereocenters. The summed E-state index contributed by atoms with van der Waals surface area (Å²) in [6.07, 6.45) is 2.25. The van der Waals surface area contributed by atoms with Gasteiger partial charge in [0.05, 0.1) is 31.8 Å². The molecule has 104 valence electrons. The maximum Gasteiger partial charge on any atom is 0.231 e. The van der Waals surface area contributed by atoms with Crippen LogP contribution in [0.3, 0.4) is 0 Å². The van der Waals surface area contributed by atoms with Crippen molar-refractivity contribution >= 4 is 18.2 Å². The number of hydrogen-bond acceptors (Lipinski definition) is 10. The fourth-order valence-electron chi connectivity index (χ4n) is 0.300. The summed E-state index contributed by atoms with van der Waals surface area (Å²) in [4.78, 5) is 25.0. The van der Waals surface area contributed by atoms with Crippen molar-refractivity contribution in [3.05, 3.63) is 0 Å². The molecule has 0 saturated carbocycles. The first-order valence-electron chi connectivity index (χ1n) is 4.04. The average molecular weight is 265 g/mol. The van der Waals surface area contributed by atoms with Crippen molar-refractivity contribution in [1.82, 2.24) is 0 Å². The molecule has 0 aromatic rings. The van der Waals surface area contributed by atoms with Crippen LogP contribution in [0.5, 0.6) is 0 Å². The second kappa shape index (κ2) is 24.3. The van der Waals surface area contributed by atoms with E-state index in [0.29, 0.717) is 0 Å². The molecule has 10 nitrogen and oxygen atoms in total. The highest BCUT2D eigenvalue weighted by Gasteiger charge is 2.26. The number of isocyanates is 3. The zero-order chi connectivity index (χ0) is 15.4. The lowest BCUT2D eigenvalue weighted by Gasteiger charge is -2.23. The predicted octanol–water partition coefficient (Wildman–Crippen LogP) is -2.36. The first-order chi connectivity index (χ1) is 8.49. The summed E-state index contributed by atoms with van der Waals surface area (Å²) in [5.41, 5.74) is -1.11. The molecule has 0 saturated heterocycles. The van der Waals surface area contributed by atoms with Crippen molar-refractivity contribution in [3.63, 3.8) is 0 Å². The maximum absolute atomic E-state index is 8.50. The molecule has 7 N–H and O–H groups in total. The lowest BCUT2D eigenvalue weighted by atomic mass is 9.93. The van der Waals surface area contributed by atoms with Crippen LogP contribution in [-0.2, 0) is 14.4 Å². The second-order valence-corrected chi connectivity index (χ2v) is 2.44. The Labute approximate surface area is 102 Å². The van der Waals surface area contributed by atoms with Crippen LogP contribution in [0.15, 0.2) is 0 Å². The van der Waals surface area contributed by atoms with Gasteiger partial charge in [-0.2, -0.15) is 0 Å². The number of nitrogens with one attached hydrogen (secondary N) is 3. The van der Waals surface area contributed by atoms with E-state index >= 15 is 0 Å². The molecule has 0 fully saturated rings. The van der Waals surface area contributed by atoms with Crippen LogP contribution >= 0.6 is 0 Å². The number of aliphatic hydroxyl groups excluding tert-OH is 4. The SMILES string of the molecule is N=C=O.N=C=O.N=C=O.OCC(CO)(CO)CO. The lowest BCUT2D eigenvalue weighted by Crippen LogP contribution is -2.37. The monoisotopic (exact) mass is 265 g/mol. The summed E-state index contributed by atoms with van der Waals surface area (Å²) in [5, 5.41) is 50.2. The smallest absolute Gasteiger partial charge is 0.231 e. The van der Waals surface area contributed by atoms with E-state index < -0.39 is 31.8 Å². The Morgan fingerprint density at radius 2 is 0.778 bits per heavy atom. The van der Waals surface area contributed by atoms with Gasteiger partial charge in [0.2, 0.25) is 18.2 Å². The van der Waals surface area contributed by atoms with E-state index in [0.717, 1.165) is 18.2 Å². The Morgan fingerprint density at radius 1 is 0.667 bits per heavy atom. The maximum atomic E-state index is 8.50. The van der Waals surface area contributed by atoms with Gasteiger partial charge in [-0.05, 0) is 0 Å². The zero-order valence-electron chi connectivity index (χ0n) is 9.34. The van der Waals surface area contributed by atoms with Crippen molar-refractivity contribution < 1.29 is 34.8 Å². The normalized spacial score (nSPS) is 7.33. The minimum atomic E-state index is -1.11. The highest BCUT2D eigenvalue weighted by atomic mass is 16.3. The van der Waals surface area contributed by atoms with Gasteiger partial charge in [-0.3, -0.25) is 0 Å². The third kappa shape index (κ3) is 23.6. The lowest BCUT2D eigenvalue weighted by molar-refractivity contribution is -0.0328. The molecule has 0 spiro atoms. The van der Waals surface area contributed by atoms with E-state index in [-0.39, 0.29) is 0 Å². The van der Waals surface area contributed by atoms with Gasteiger partial charge in [0.25, 0.3) is 0 Å². The van der Waals surface area contributed by atoms with Crippen molar-refractivity contribution in [2.24, 2.45) is 5.41 Å². The summed E-state index contributed by atoms with van der Waals surface area (Å²) in [6.45, 7) is -1.62. The number of rotatable bonds is 4. The Kier molecular flexibility index (Phi) is 33.7. The van der Waals surface area contributed by atoms with E-state index in [1.807, 2.05) is 0 Å². The first-order valence-corrected chi connectivity index (χ1v) is 4.04. The number of carbonyl (C=O) groups excluding carboxylic acids is 3. The molecule has 0 heterocycles. The summed E-state index contributed by atoms with van der Waals surface area (Å²) >= 11 is 0. The second-order valence-electron chi connectivity index (χ2n) is 2.44. The third-order valence-electron chi connectivity index (χ3n) is 1.34. The van der Waals surface area contributed by atoms with E-state index in [9.17, 15) is 0 Å². The van der Waals surface area contributed by atoms with Crippen LogP contribution in [0.2, 0.25) is 0 Å².